The highest BCUT2D eigenvalue weighted by molar-refractivity contribution is 7.09. The molecule has 2 aromatic rings. The quantitative estimate of drug-likeness (QED) is 0.604. The van der Waals surface area contributed by atoms with E-state index in [1.807, 2.05) is 11.4 Å². The number of hydrogen-bond donors (Lipinski definition) is 2. The molecule has 112 valence electrons. The van der Waals surface area contributed by atoms with E-state index in [0.29, 0.717) is 36.0 Å². The smallest absolute Gasteiger partial charge is 0.226 e. The number of nitrogen functional groups attached to an aromatic ring is 1. The van der Waals surface area contributed by atoms with Crippen molar-refractivity contribution < 1.29 is 9.53 Å². The van der Waals surface area contributed by atoms with Crippen molar-refractivity contribution in [2.45, 2.75) is 12.8 Å². The summed E-state index contributed by atoms with van der Waals surface area (Å²) in [5.74, 6) is -0.104. The molecule has 1 aromatic carbocycles. The van der Waals surface area contributed by atoms with Crippen molar-refractivity contribution >= 4 is 40.2 Å². The van der Waals surface area contributed by atoms with Gasteiger partial charge in [-0.15, -0.1) is 11.3 Å². The summed E-state index contributed by atoms with van der Waals surface area (Å²) in [7, 11) is 0. The first-order valence-corrected chi connectivity index (χ1v) is 7.86. The Kier molecular flexibility index (Phi) is 6.04. The maximum Gasteiger partial charge on any atom is 0.226 e. The van der Waals surface area contributed by atoms with Gasteiger partial charge >= 0.3 is 0 Å². The van der Waals surface area contributed by atoms with Gasteiger partial charge in [-0.25, -0.2) is 0 Å². The highest BCUT2D eigenvalue weighted by Gasteiger charge is 2.04. The number of hydrogen-bond acceptors (Lipinski definition) is 4. The first-order chi connectivity index (χ1) is 10.1. The molecule has 0 bridgehead atoms. The molecule has 1 amide bonds. The molecule has 1 heterocycles. The van der Waals surface area contributed by atoms with Gasteiger partial charge in [0.15, 0.2) is 0 Å². The van der Waals surface area contributed by atoms with E-state index in [4.69, 9.17) is 22.1 Å². The standard InChI is InChI=1S/C15H17ClN2O2S/c16-13-4-3-11(10-14(13)17)18-15(19)6-8-20-7-5-12-2-1-9-21-12/h1-4,9-10H,5-8,17H2,(H,18,19). The SMILES string of the molecule is Nc1cc(NC(=O)CCOCCc2cccs2)ccc1Cl. The van der Waals surface area contributed by atoms with Crippen LogP contribution in [0.4, 0.5) is 11.4 Å². The van der Waals surface area contributed by atoms with Crippen LogP contribution >= 0.6 is 22.9 Å². The minimum atomic E-state index is -0.104. The third-order valence-corrected chi connectivity index (χ3v) is 4.11. The second-order valence-electron chi connectivity index (χ2n) is 4.48. The summed E-state index contributed by atoms with van der Waals surface area (Å²) in [5.41, 5.74) is 6.76. The highest BCUT2D eigenvalue weighted by Crippen LogP contribution is 2.22. The number of anilines is 2. The van der Waals surface area contributed by atoms with Gasteiger partial charge in [-0.1, -0.05) is 17.7 Å². The predicted octanol–water partition coefficient (Wildman–Crippen LogP) is 3.57. The zero-order valence-corrected chi connectivity index (χ0v) is 13.0. The number of carbonyl (C=O) groups is 1. The van der Waals surface area contributed by atoms with Crippen LogP contribution in [0.1, 0.15) is 11.3 Å². The fraction of sp³-hybridized carbons (Fsp3) is 0.267. The summed E-state index contributed by atoms with van der Waals surface area (Å²) in [6, 6.07) is 9.10. The predicted molar refractivity (Wildman–Crippen MR) is 88.0 cm³/mol. The van der Waals surface area contributed by atoms with Crippen molar-refractivity contribution in [2.24, 2.45) is 0 Å². The van der Waals surface area contributed by atoms with E-state index in [-0.39, 0.29) is 5.91 Å². The van der Waals surface area contributed by atoms with Crippen LogP contribution in [0.25, 0.3) is 0 Å². The van der Waals surface area contributed by atoms with E-state index in [1.54, 1.807) is 29.5 Å². The number of nitrogens with one attached hydrogen (secondary N) is 1. The van der Waals surface area contributed by atoms with Gasteiger partial charge in [0.05, 0.1) is 30.3 Å². The normalized spacial score (nSPS) is 10.5. The first-order valence-electron chi connectivity index (χ1n) is 6.60. The van der Waals surface area contributed by atoms with Crippen LogP contribution in [-0.4, -0.2) is 19.1 Å². The summed E-state index contributed by atoms with van der Waals surface area (Å²) in [5, 5.41) is 5.28. The van der Waals surface area contributed by atoms with Gasteiger partial charge in [0.25, 0.3) is 0 Å². The lowest BCUT2D eigenvalue weighted by Gasteiger charge is -2.07. The van der Waals surface area contributed by atoms with E-state index >= 15 is 0 Å². The minimum absolute atomic E-state index is 0.104. The molecule has 0 saturated heterocycles. The van der Waals surface area contributed by atoms with Gasteiger partial charge in [0, 0.05) is 17.0 Å². The van der Waals surface area contributed by atoms with Gasteiger partial charge in [0.2, 0.25) is 5.91 Å². The van der Waals surface area contributed by atoms with Crippen LogP contribution in [0.15, 0.2) is 35.7 Å². The molecule has 21 heavy (non-hydrogen) atoms. The molecular formula is C15H17ClN2O2S. The Morgan fingerprint density at radius 2 is 2.19 bits per heavy atom. The van der Waals surface area contributed by atoms with E-state index in [1.165, 1.54) is 4.88 Å². The molecule has 0 spiro atoms. The average Bonchev–Trinajstić information content (AvgIpc) is 2.96. The molecule has 0 aliphatic heterocycles. The molecule has 3 N–H and O–H groups in total. The number of nitrogens with two attached hydrogens (primary N) is 1. The van der Waals surface area contributed by atoms with Gasteiger partial charge in [-0.05, 0) is 29.6 Å². The number of rotatable bonds is 7. The highest BCUT2D eigenvalue weighted by atomic mass is 35.5. The average molecular weight is 325 g/mol. The summed E-state index contributed by atoms with van der Waals surface area (Å²) in [6.07, 6.45) is 1.19. The maximum atomic E-state index is 11.7. The molecule has 4 nitrogen and oxygen atoms in total. The van der Waals surface area contributed by atoms with Gasteiger partial charge < -0.3 is 15.8 Å². The summed E-state index contributed by atoms with van der Waals surface area (Å²) in [6.45, 7) is 1.03. The molecule has 1 aromatic heterocycles. The number of thiophene rings is 1. The van der Waals surface area contributed by atoms with Crippen LogP contribution in [-0.2, 0) is 16.0 Å². The lowest BCUT2D eigenvalue weighted by molar-refractivity contribution is -0.117. The number of benzene rings is 1. The van der Waals surface area contributed by atoms with Crippen molar-refractivity contribution in [3.05, 3.63) is 45.6 Å². The van der Waals surface area contributed by atoms with Crippen molar-refractivity contribution in [3.63, 3.8) is 0 Å². The van der Waals surface area contributed by atoms with Gasteiger partial charge in [-0.2, -0.15) is 0 Å². The number of amides is 1. The third-order valence-electron chi connectivity index (χ3n) is 2.83. The molecule has 0 fully saturated rings. The molecule has 0 unspecified atom stereocenters. The Labute approximate surface area is 132 Å². The van der Waals surface area contributed by atoms with E-state index in [0.717, 1.165) is 6.42 Å². The Hall–Kier alpha value is -1.56. The molecule has 0 aliphatic carbocycles. The minimum Gasteiger partial charge on any atom is -0.397 e. The van der Waals surface area contributed by atoms with Gasteiger partial charge in [0.1, 0.15) is 0 Å². The third kappa shape index (κ3) is 5.38. The summed E-state index contributed by atoms with van der Waals surface area (Å²) < 4.78 is 5.46. The zero-order chi connectivity index (χ0) is 15.1. The van der Waals surface area contributed by atoms with Crippen LogP contribution < -0.4 is 11.1 Å². The first kappa shape index (κ1) is 15.8. The van der Waals surface area contributed by atoms with E-state index in [9.17, 15) is 4.79 Å². The van der Waals surface area contributed by atoms with E-state index < -0.39 is 0 Å². The molecule has 2 rings (SSSR count). The van der Waals surface area contributed by atoms with Crippen LogP contribution in [0.2, 0.25) is 5.02 Å². The Bertz CT molecular complexity index is 587. The van der Waals surface area contributed by atoms with Crippen LogP contribution in [0, 0.1) is 0 Å². The topological polar surface area (TPSA) is 64.3 Å². The number of ether oxygens (including phenoxy) is 1. The maximum absolute atomic E-state index is 11.7. The Balaban J connectivity index is 1.64. The van der Waals surface area contributed by atoms with Crippen LogP contribution in [0.3, 0.4) is 0 Å². The van der Waals surface area contributed by atoms with Crippen LogP contribution in [0.5, 0.6) is 0 Å². The second-order valence-corrected chi connectivity index (χ2v) is 5.92. The largest absolute Gasteiger partial charge is 0.397 e. The number of halogens is 1. The number of carbonyl (C=O) groups excluding carboxylic acids is 1. The van der Waals surface area contributed by atoms with Crippen molar-refractivity contribution in [1.82, 2.24) is 0 Å². The molecule has 0 saturated carbocycles. The molecule has 0 atom stereocenters. The lowest BCUT2D eigenvalue weighted by Crippen LogP contribution is -2.14. The van der Waals surface area contributed by atoms with Crippen molar-refractivity contribution in [2.75, 3.05) is 24.3 Å². The second kappa shape index (κ2) is 8.02. The molecule has 0 aliphatic rings. The monoisotopic (exact) mass is 324 g/mol. The Morgan fingerprint density at radius 1 is 1.33 bits per heavy atom. The zero-order valence-electron chi connectivity index (χ0n) is 11.5. The lowest BCUT2D eigenvalue weighted by atomic mass is 10.2. The van der Waals surface area contributed by atoms with Gasteiger partial charge in [-0.3, -0.25) is 4.79 Å². The Morgan fingerprint density at radius 3 is 2.90 bits per heavy atom. The summed E-state index contributed by atoms with van der Waals surface area (Å²) in [4.78, 5) is 13.0. The molecular weight excluding hydrogens is 308 g/mol. The van der Waals surface area contributed by atoms with Crippen molar-refractivity contribution in [1.29, 1.82) is 0 Å². The van der Waals surface area contributed by atoms with Crippen molar-refractivity contribution in [3.8, 4) is 0 Å². The molecule has 0 radical (unpaired) electrons. The summed E-state index contributed by atoms with van der Waals surface area (Å²) >= 11 is 7.53. The molecule has 6 heteroatoms. The van der Waals surface area contributed by atoms with E-state index in [2.05, 4.69) is 11.4 Å². The fourth-order valence-electron chi connectivity index (χ4n) is 1.74. The fourth-order valence-corrected chi connectivity index (χ4v) is 2.55.